The highest BCUT2D eigenvalue weighted by Crippen LogP contribution is 2.48. The lowest BCUT2D eigenvalue weighted by molar-refractivity contribution is 0.107. The van der Waals surface area contributed by atoms with E-state index < -0.39 is 34.7 Å². The Bertz CT molecular complexity index is 1940. The van der Waals surface area contributed by atoms with Crippen molar-refractivity contribution in [2.45, 2.75) is 55.9 Å². The summed E-state index contributed by atoms with van der Waals surface area (Å²) in [7, 11) is 1.28. The average Bonchev–Trinajstić information content (AvgIpc) is 3.77. The Balaban J connectivity index is 1.34. The van der Waals surface area contributed by atoms with Gasteiger partial charge in [0.25, 0.3) is 0 Å². The van der Waals surface area contributed by atoms with Gasteiger partial charge >= 0.3 is 6.01 Å². The number of hydrogen-bond acceptors (Lipinski definition) is 10. The van der Waals surface area contributed by atoms with Crippen LogP contribution in [0.4, 0.5) is 28.4 Å². The van der Waals surface area contributed by atoms with Crippen molar-refractivity contribution in [1.82, 2.24) is 20.2 Å². The quantitative estimate of drug-likeness (QED) is 0.268. The van der Waals surface area contributed by atoms with Crippen molar-refractivity contribution in [3.05, 3.63) is 35.1 Å². The van der Waals surface area contributed by atoms with Crippen molar-refractivity contribution in [3.63, 3.8) is 0 Å². The second kappa shape index (κ2) is 10.8. The van der Waals surface area contributed by atoms with Crippen molar-refractivity contribution < 1.29 is 27.0 Å². The lowest BCUT2D eigenvalue weighted by Crippen LogP contribution is -2.51. The molecule has 0 spiro atoms. The number of anilines is 2. The number of nitrogens with zero attached hydrogens (tertiary/aromatic N) is 5. The standard InChI is InChI=1S/C32H31F4N7O2S/c1-44-27-23-26(24(35)22(25(27)36)18-5-6-20(34)28-21(18)19(10-37)29(38)46-28)40-31(41-30(23)42-12-16-3-4-17(13-42)39-16)45-14-32-7-2-8-43(32)11-15(33)9-32/h5-6,15-17,39H,2-4,7-9,11-14,38H2,1H3/t15-,16?,17?,32+/m1/s1. The topological polar surface area (TPSA) is 113 Å². The zero-order chi connectivity index (χ0) is 31.9. The van der Waals surface area contributed by atoms with Crippen LogP contribution < -0.4 is 25.4 Å². The van der Waals surface area contributed by atoms with E-state index in [9.17, 15) is 14.0 Å². The molecule has 4 saturated heterocycles. The third-order valence-corrected chi connectivity index (χ3v) is 11.1. The summed E-state index contributed by atoms with van der Waals surface area (Å²) >= 11 is 0.835. The number of rotatable bonds is 6. The van der Waals surface area contributed by atoms with E-state index in [1.807, 2.05) is 11.0 Å². The van der Waals surface area contributed by atoms with Crippen molar-refractivity contribution in [2.75, 3.05) is 50.5 Å². The highest BCUT2D eigenvalue weighted by Gasteiger charge is 2.49. The van der Waals surface area contributed by atoms with E-state index in [2.05, 4.69) is 15.2 Å². The van der Waals surface area contributed by atoms with E-state index >= 15 is 8.78 Å². The summed E-state index contributed by atoms with van der Waals surface area (Å²) in [5.41, 5.74) is 4.63. The number of piperazine rings is 1. The number of nitrogens with two attached hydrogens (primary N) is 1. The molecule has 2 bridgehead atoms. The third kappa shape index (κ3) is 4.39. The Morgan fingerprint density at radius 1 is 1.13 bits per heavy atom. The third-order valence-electron chi connectivity index (χ3n) is 10.1. The summed E-state index contributed by atoms with van der Waals surface area (Å²) in [6, 6.07) is 4.52. The van der Waals surface area contributed by atoms with Gasteiger partial charge in [-0.1, -0.05) is 6.07 Å². The molecule has 3 N–H and O–H groups in total. The fraction of sp³-hybridized carbons (Fsp3) is 0.469. The number of methoxy groups -OCH3 is 1. The molecule has 14 heteroatoms. The second-order valence-corrected chi connectivity index (χ2v) is 13.8. The molecule has 8 rings (SSSR count). The summed E-state index contributed by atoms with van der Waals surface area (Å²) in [5.74, 6) is -2.74. The molecule has 4 aromatic rings. The first-order chi connectivity index (χ1) is 22.2. The van der Waals surface area contributed by atoms with Gasteiger partial charge < -0.3 is 25.4 Å². The van der Waals surface area contributed by atoms with Crippen LogP contribution >= 0.6 is 11.3 Å². The zero-order valence-electron chi connectivity index (χ0n) is 25.0. The lowest BCUT2D eigenvalue weighted by Gasteiger charge is -2.35. The predicted molar refractivity (Wildman–Crippen MR) is 167 cm³/mol. The van der Waals surface area contributed by atoms with Crippen molar-refractivity contribution in [1.29, 1.82) is 5.26 Å². The first kappa shape index (κ1) is 29.5. The highest BCUT2D eigenvalue weighted by molar-refractivity contribution is 7.23. The number of ether oxygens (including phenoxy) is 2. The van der Waals surface area contributed by atoms with Crippen LogP contribution in [-0.2, 0) is 0 Å². The number of nitrogen functional groups attached to an aromatic ring is 1. The molecule has 0 radical (unpaired) electrons. The summed E-state index contributed by atoms with van der Waals surface area (Å²) in [6.45, 7) is 2.34. The predicted octanol–water partition coefficient (Wildman–Crippen LogP) is 5.29. The first-order valence-electron chi connectivity index (χ1n) is 15.4. The maximum Gasteiger partial charge on any atom is 0.319 e. The minimum atomic E-state index is -1.04. The maximum atomic E-state index is 17.0. The number of aromatic nitrogens is 2. The van der Waals surface area contributed by atoms with Crippen LogP contribution in [-0.4, -0.2) is 78.6 Å². The molecule has 4 atom stereocenters. The molecule has 2 unspecified atom stereocenters. The Labute approximate surface area is 265 Å². The largest absolute Gasteiger partial charge is 0.493 e. The number of benzene rings is 2. The molecule has 2 aromatic heterocycles. The summed E-state index contributed by atoms with van der Waals surface area (Å²) in [6.07, 6.45) is 2.98. The van der Waals surface area contributed by atoms with E-state index in [1.54, 1.807) is 0 Å². The number of nitrogens with one attached hydrogen (secondary N) is 1. The molecule has 0 aliphatic carbocycles. The van der Waals surface area contributed by atoms with Gasteiger partial charge in [0.15, 0.2) is 17.4 Å². The van der Waals surface area contributed by atoms with Crippen LogP contribution in [0.2, 0.25) is 0 Å². The van der Waals surface area contributed by atoms with Crippen molar-refractivity contribution in [2.24, 2.45) is 0 Å². The maximum absolute atomic E-state index is 17.0. The van der Waals surface area contributed by atoms with Crippen LogP contribution in [0.25, 0.3) is 32.1 Å². The van der Waals surface area contributed by atoms with Gasteiger partial charge in [0.2, 0.25) is 0 Å². The van der Waals surface area contributed by atoms with Crippen molar-refractivity contribution in [3.8, 4) is 29.0 Å². The molecular weight excluding hydrogens is 622 g/mol. The van der Waals surface area contributed by atoms with Crippen molar-refractivity contribution >= 4 is 43.1 Å². The summed E-state index contributed by atoms with van der Waals surface area (Å²) in [4.78, 5) is 13.3. The van der Waals surface area contributed by atoms with Gasteiger partial charge in [0.1, 0.15) is 41.0 Å². The smallest absolute Gasteiger partial charge is 0.319 e. The molecule has 6 heterocycles. The summed E-state index contributed by atoms with van der Waals surface area (Å²) in [5, 5.41) is 13.5. The van der Waals surface area contributed by atoms with Crippen LogP contribution in [0.15, 0.2) is 12.1 Å². The van der Waals surface area contributed by atoms with E-state index in [-0.39, 0.29) is 73.4 Å². The Morgan fingerprint density at radius 2 is 1.91 bits per heavy atom. The zero-order valence-corrected chi connectivity index (χ0v) is 25.8. The van der Waals surface area contributed by atoms with Gasteiger partial charge in [0, 0.05) is 43.5 Å². The van der Waals surface area contributed by atoms with Gasteiger partial charge in [-0.2, -0.15) is 15.2 Å². The number of fused-ring (bicyclic) bond motifs is 5. The molecule has 0 amide bonds. The average molecular weight is 654 g/mol. The van der Waals surface area contributed by atoms with Crippen LogP contribution in [0.3, 0.4) is 0 Å². The minimum Gasteiger partial charge on any atom is -0.493 e. The van der Waals surface area contributed by atoms with Gasteiger partial charge in [0.05, 0.1) is 33.9 Å². The number of alkyl halides is 1. The fourth-order valence-corrected chi connectivity index (χ4v) is 9.03. The highest BCUT2D eigenvalue weighted by atomic mass is 32.1. The molecular formula is C32H31F4N7O2S. The molecule has 4 aliphatic rings. The SMILES string of the molecule is COc1c(F)c(-c2ccc(F)c3sc(N)c(C#N)c23)c(F)c2nc(OC[C@@]34CCCN3C[C@H](F)C4)nc(N3CC4CCC(C3)N4)c12. The molecule has 4 fully saturated rings. The Kier molecular flexibility index (Phi) is 6.93. The molecule has 9 nitrogen and oxygen atoms in total. The minimum absolute atomic E-state index is 0.0103. The summed E-state index contributed by atoms with van der Waals surface area (Å²) < 4.78 is 74.8. The van der Waals surface area contributed by atoms with Gasteiger partial charge in [-0.15, -0.1) is 11.3 Å². The molecule has 46 heavy (non-hydrogen) atoms. The van der Waals surface area contributed by atoms with E-state index in [0.717, 1.165) is 49.6 Å². The van der Waals surface area contributed by atoms with Gasteiger partial charge in [-0.3, -0.25) is 4.90 Å². The number of nitriles is 1. The van der Waals surface area contributed by atoms with E-state index in [0.29, 0.717) is 26.1 Å². The second-order valence-electron chi connectivity index (χ2n) is 12.7. The lowest BCUT2D eigenvalue weighted by atomic mass is 9.95. The van der Waals surface area contributed by atoms with E-state index in [1.165, 1.54) is 13.2 Å². The Hall–Kier alpha value is -3.93. The fourth-order valence-electron chi connectivity index (χ4n) is 8.08. The van der Waals surface area contributed by atoms with Crippen LogP contribution in [0.5, 0.6) is 11.8 Å². The van der Waals surface area contributed by atoms with Gasteiger partial charge in [-0.25, -0.2) is 17.6 Å². The number of thiophene rings is 1. The first-order valence-corrected chi connectivity index (χ1v) is 16.2. The van der Waals surface area contributed by atoms with Crippen LogP contribution in [0, 0.1) is 28.8 Å². The van der Waals surface area contributed by atoms with Crippen LogP contribution in [0.1, 0.15) is 37.7 Å². The number of hydrogen-bond donors (Lipinski definition) is 2. The molecule has 240 valence electrons. The molecule has 0 saturated carbocycles. The van der Waals surface area contributed by atoms with Gasteiger partial charge in [-0.05, 0) is 43.9 Å². The Morgan fingerprint density at radius 3 is 2.65 bits per heavy atom. The number of halogens is 4. The normalized spacial score (nSPS) is 25.8. The molecule has 2 aromatic carbocycles. The monoisotopic (exact) mass is 653 g/mol. The van der Waals surface area contributed by atoms with E-state index in [4.69, 9.17) is 20.2 Å². The molecule has 4 aliphatic heterocycles.